The molecule has 1 heterocycles. The highest BCUT2D eigenvalue weighted by Gasteiger charge is 2.27. The summed E-state index contributed by atoms with van der Waals surface area (Å²) in [6, 6.07) is 0. The second-order valence-corrected chi connectivity index (χ2v) is 7.31. The van der Waals surface area contributed by atoms with Gasteiger partial charge in [-0.25, -0.2) is 9.97 Å². The Morgan fingerprint density at radius 3 is 2.73 bits per heavy atom. The fourth-order valence-corrected chi connectivity index (χ4v) is 2.53. The third-order valence-corrected chi connectivity index (χ3v) is 3.94. The van der Waals surface area contributed by atoms with Crippen LogP contribution >= 0.6 is 11.6 Å². The normalized spacial score (nSPS) is 14.8. The van der Waals surface area contributed by atoms with Gasteiger partial charge in [0.2, 0.25) is 11.2 Å². The summed E-state index contributed by atoms with van der Waals surface area (Å²) in [5.74, 6) is 1.58. The molecule has 0 unspecified atom stereocenters. The Balaban J connectivity index is 1.82. The lowest BCUT2D eigenvalue weighted by Crippen LogP contribution is -2.37. The average Bonchev–Trinajstić information content (AvgIpc) is 3.26. The van der Waals surface area contributed by atoms with Crippen LogP contribution in [0.2, 0.25) is 5.28 Å². The standard InChI is InChI=1S/C16H25ClN4O/c1-16(2,3)14(22)21(4)9-5-8-18-13-12(11-6-7-11)10-19-15(17)20-13/h10-11H,5-9H2,1-4H3,(H,18,19,20). The van der Waals surface area contributed by atoms with E-state index in [4.69, 9.17) is 11.6 Å². The zero-order valence-corrected chi connectivity index (χ0v) is 14.6. The summed E-state index contributed by atoms with van der Waals surface area (Å²) in [5.41, 5.74) is 0.824. The van der Waals surface area contributed by atoms with Crippen LogP contribution < -0.4 is 5.32 Å². The Bertz CT molecular complexity index is 537. The highest BCUT2D eigenvalue weighted by Crippen LogP contribution is 2.42. The first-order chi connectivity index (χ1) is 10.3. The average molecular weight is 325 g/mol. The van der Waals surface area contributed by atoms with E-state index in [0.717, 1.165) is 30.9 Å². The van der Waals surface area contributed by atoms with Crippen molar-refractivity contribution in [1.82, 2.24) is 14.9 Å². The molecule has 2 rings (SSSR count). The molecule has 1 fully saturated rings. The van der Waals surface area contributed by atoms with Gasteiger partial charge in [0.15, 0.2) is 0 Å². The van der Waals surface area contributed by atoms with E-state index in [1.54, 1.807) is 4.90 Å². The number of hydrogen-bond donors (Lipinski definition) is 1. The Hall–Kier alpha value is -1.36. The van der Waals surface area contributed by atoms with Crippen molar-refractivity contribution in [3.8, 4) is 0 Å². The zero-order valence-electron chi connectivity index (χ0n) is 13.8. The minimum atomic E-state index is -0.332. The summed E-state index contributed by atoms with van der Waals surface area (Å²) in [4.78, 5) is 22.2. The predicted molar refractivity (Wildman–Crippen MR) is 89.2 cm³/mol. The molecule has 1 saturated carbocycles. The van der Waals surface area contributed by atoms with Crippen LogP contribution in [0.4, 0.5) is 5.82 Å². The number of nitrogens with zero attached hydrogens (tertiary/aromatic N) is 3. The summed E-state index contributed by atoms with van der Waals surface area (Å²) in [6.07, 6.45) is 5.08. The van der Waals surface area contributed by atoms with Gasteiger partial charge in [0.05, 0.1) is 0 Å². The molecule has 0 bridgehead atoms. The van der Waals surface area contributed by atoms with Gasteiger partial charge in [-0.2, -0.15) is 0 Å². The van der Waals surface area contributed by atoms with E-state index in [-0.39, 0.29) is 16.6 Å². The van der Waals surface area contributed by atoms with Crippen molar-refractivity contribution in [2.45, 2.75) is 46.0 Å². The van der Waals surface area contributed by atoms with Crippen LogP contribution in [-0.4, -0.2) is 40.9 Å². The molecule has 6 heteroatoms. The number of amides is 1. The quantitative estimate of drug-likeness (QED) is 0.644. The molecule has 22 heavy (non-hydrogen) atoms. The molecule has 1 aromatic heterocycles. The minimum absolute atomic E-state index is 0.163. The van der Waals surface area contributed by atoms with Crippen LogP contribution in [-0.2, 0) is 4.79 Å². The fraction of sp³-hybridized carbons (Fsp3) is 0.688. The summed E-state index contributed by atoms with van der Waals surface area (Å²) in [5, 5.41) is 3.61. The minimum Gasteiger partial charge on any atom is -0.370 e. The molecular formula is C16H25ClN4O. The number of hydrogen-bond acceptors (Lipinski definition) is 4. The Labute approximate surface area is 137 Å². The van der Waals surface area contributed by atoms with Gasteiger partial charge in [-0.1, -0.05) is 20.8 Å². The first kappa shape index (κ1) is 17.0. The number of nitrogens with one attached hydrogen (secondary N) is 1. The molecule has 5 nitrogen and oxygen atoms in total. The van der Waals surface area contributed by atoms with Crippen molar-refractivity contribution in [3.63, 3.8) is 0 Å². The van der Waals surface area contributed by atoms with Crippen LogP contribution in [0.5, 0.6) is 0 Å². The number of carbonyl (C=O) groups is 1. The second kappa shape index (κ2) is 6.82. The third-order valence-electron chi connectivity index (χ3n) is 3.76. The molecule has 0 spiro atoms. The first-order valence-corrected chi connectivity index (χ1v) is 8.18. The second-order valence-electron chi connectivity index (χ2n) is 6.97. The van der Waals surface area contributed by atoms with Gasteiger partial charge in [-0.05, 0) is 36.8 Å². The van der Waals surface area contributed by atoms with E-state index in [9.17, 15) is 4.79 Å². The Morgan fingerprint density at radius 1 is 1.45 bits per heavy atom. The maximum Gasteiger partial charge on any atom is 0.227 e. The third kappa shape index (κ3) is 4.57. The molecule has 0 atom stereocenters. The predicted octanol–water partition coefficient (Wildman–Crippen LogP) is 3.31. The molecule has 1 aromatic rings. The fourth-order valence-electron chi connectivity index (χ4n) is 2.40. The molecule has 1 N–H and O–H groups in total. The van der Waals surface area contributed by atoms with Gasteiger partial charge < -0.3 is 10.2 Å². The maximum absolute atomic E-state index is 12.1. The van der Waals surface area contributed by atoms with Gasteiger partial charge in [-0.15, -0.1) is 0 Å². The van der Waals surface area contributed by atoms with E-state index in [0.29, 0.717) is 5.92 Å². The van der Waals surface area contributed by atoms with Crippen LogP contribution in [0.15, 0.2) is 6.20 Å². The number of carbonyl (C=O) groups excluding carboxylic acids is 1. The van der Waals surface area contributed by atoms with Crippen molar-refractivity contribution in [2.75, 3.05) is 25.5 Å². The van der Waals surface area contributed by atoms with Crippen molar-refractivity contribution < 1.29 is 4.79 Å². The molecular weight excluding hydrogens is 300 g/mol. The van der Waals surface area contributed by atoms with Gasteiger partial charge in [0.1, 0.15) is 5.82 Å². The monoisotopic (exact) mass is 324 g/mol. The molecule has 0 radical (unpaired) electrons. The highest BCUT2D eigenvalue weighted by atomic mass is 35.5. The Morgan fingerprint density at radius 2 is 2.14 bits per heavy atom. The first-order valence-electron chi connectivity index (χ1n) is 7.81. The molecule has 0 aromatic carbocycles. The van der Waals surface area contributed by atoms with Gasteiger partial charge in [-0.3, -0.25) is 4.79 Å². The van der Waals surface area contributed by atoms with Crippen molar-refractivity contribution >= 4 is 23.3 Å². The van der Waals surface area contributed by atoms with Crippen LogP contribution in [0.3, 0.4) is 0 Å². The van der Waals surface area contributed by atoms with Crippen LogP contribution in [0.25, 0.3) is 0 Å². The SMILES string of the molecule is CN(CCCNc1nc(Cl)ncc1C1CC1)C(=O)C(C)(C)C. The number of anilines is 1. The summed E-state index contributed by atoms with van der Waals surface area (Å²) >= 11 is 5.88. The number of rotatable bonds is 6. The lowest BCUT2D eigenvalue weighted by molar-refractivity contribution is -0.138. The van der Waals surface area contributed by atoms with E-state index in [2.05, 4.69) is 15.3 Å². The van der Waals surface area contributed by atoms with Gasteiger partial charge in [0, 0.05) is 37.3 Å². The van der Waals surface area contributed by atoms with Crippen molar-refractivity contribution in [3.05, 3.63) is 17.0 Å². The molecule has 1 amide bonds. The van der Waals surface area contributed by atoms with Crippen LogP contribution in [0.1, 0.15) is 51.5 Å². The van der Waals surface area contributed by atoms with E-state index < -0.39 is 0 Å². The molecule has 0 aliphatic heterocycles. The molecule has 1 aliphatic carbocycles. The topological polar surface area (TPSA) is 58.1 Å². The Kier molecular flexibility index (Phi) is 5.27. The number of halogens is 1. The molecule has 122 valence electrons. The summed E-state index contributed by atoms with van der Waals surface area (Å²) in [6.45, 7) is 7.30. The lowest BCUT2D eigenvalue weighted by Gasteiger charge is -2.26. The highest BCUT2D eigenvalue weighted by molar-refractivity contribution is 6.28. The van der Waals surface area contributed by atoms with E-state index >= 15 is 0 Å². The number of aromatic nitrogens is 2. The van der Waals surface area contributed by atoms with E-state index in [1.807, 2.05) is 34.0 Å². The van der Waals surface area contributed by atoms with Crippen molar-refractivity contribution in [2.24, 2.45) is 5.41 Å². The molecule has 1 aliphatic rings. The zero-order chi connectivity index (χ0) is 16.3. The lowest BCUT2D eigenvalue weighted by atomic mass is 9.95. The summed E-state index contributed by atoms with van der Waals surface area (Å²) in [7, 11) is 1.85. The smallest absolute Gasteiger partial charge is 0.227 e. The molecule has 0 saturated heterocycles. The van der Waals surface area contributed by atoms with Crippen molar-refractivity contribution in [1.29, 1.82) is 0 Å². The summed E-state index contributed by atoms with van der Waals surface area (Å²) < 4.78 is 0. The maximum atomic E-state index is 12.1. The van der Waals surface area contributed by atoms with Crippen LogP contribution in [0, 0.1) is 5.41 Å². The van der Waals surface area contributed by atoms with E-state index in [1.165, 1.54) is 12.8 Å². The van der Waals surface area contributed by atoms with Gasteiger partial charge in [0.25, 0.3) is 0 Å². The largest absolute Gasteiger partial charge is 0.370 e. The van der Waals surface area contributed by atoms with Gasteiger partial charge >= 0.3 is 0 Å².